The molecule has 3 aromatic rings. The van der Waals surface area contributed by atoms with Crippen LogP contribution in [0.25, 0.3) is 17.0 Å². The number of halogens is 4. The molecule has 6 nitrogen and oxygen atoms in total. The van der Waals surface area contributed by atoms with Crippen LogP contribution in [0, 0.1) is 0 Å². The number of aromatic amines is 1. The van der Waals surface area contributed by atoms with Crippen LogP contribution in [0.4, 0.5) is 18.9 Å². The Hall–Kier alpha value is -3.46. The minimum absolute atomic E-state index is 0.0216. The van der Waals surface area contributed by atoms with E-state index in [1.54, 1.807) is 18.2 Å². The fourth-order valence-corrected chi connectivity index (χ4v) is 4.34. The van der Waals surface area contributed by atoms with Gasteiger partial charge in [0, 0.05) is 35.9 Å². The van der Waals surface area contributed by atoms with Crippen LogP contribution in [0.3, 0.4) is 0 Å². The zero-order chi connectivity index (χ0) is 23.9. The number of fused-ring (bicyclic) bond motifs is 3. The summed E-state index contributed by atoms with van der Waals surface area (Å²) in [4.78, 5) is 28.8. The van der Waals surface area contributed by atoms with Crippen LogP contribution < -0.4 is 4.90 Å². The van der Waals surface area contributed by atoms with Crippen LogP contribution in [0.5, 0.6) is 5.75 Å². The number of carbonyl (C=O) groups excluding carboxylic acids is 2. The molecule has 1 aliphatic rings. The lowest BCUT2D eigenvalue weighted by Crippen LogP contribution is -2.28. The first-order chi connectivity index (χ1) is 15.7. The van der Waals surface area contributed by atoms with Crippen LogP contribution in [-0.2, 0) is 15.7 Å². The van der Waals surface area contributed by atoms with Gasteiger partial charge in [-0.2, -0.15) is 13.2 Å². The molecule has 1 amide bonds. The molecule has 0 radical (unpaired) electrons. The molecule has 10 heteroatoms. The molecule has 0 aliphatic carbocycles. The van der Waals surface area contributed by atoms with E-state index in [0.717, 1.165) is 12.7 Å². The Morgan fingerprint density at radius 1 is 1.30 bits per heavy atom. The number of nitrogens with zero attached hydrogens (tertiary/aromatic N) is 1. The normalized spacial score (nSPS) is 15.9. The maximum absolute atomic E-state index is 13.7. The molecule has 1 unspecified atom stereocenters. The number of hydrogen-bond donors (Lipinski definition) is 2. The number of anilines is 1. The monoisotopic (exact) mass is 478 g/mol. The molecule has 1 atom stereocenters. The van der Waals surface area contributed by atoms with Gasteiger partial charge in [0.15, 0.2) is 0 Å². The third kappa shape index (κ3) is 3.93. The Morgan fingerprint density at radius 2 is 2.00 bits per heavy atom. The van der Waals surface area contributed by atoms with Crippen LogP contribution in [-0.4, -0.2) is 41.5 Å². The van der Waals surface area contributed by atoms with E-state index in [9.17, 15) is 27.9 Å². The number of benzene rings is 2. The summed E-state index contributed by atoms with van der Waals surface area (Å²) in [5, 5.41) is 10.4. The highest BCUT2D eigenvalue weighted by atomic mass is 35.5. The van der Waals surface area contributed by atoms with Crippen molar-refractivity contribution < 1.29 is 32.6 Å². The molecule has 2 aromatic carbocycles. The average Bonchev–Trinajstić information content (AvgIpc) is 3.37. The lowest BCUT2D eigenvalue weighted by atomic mass is 9.95. The molecule has 1 aliphatic heterocycles. The minimum Gasteiger partial charge on any atom is -0.506 e. The highest BCUT2D eigenvalue weighted by molar-refractivity contribution is 6.20. The highest BCUT2D eigenvalue weighted by Gasteiger charge is 2.43. The molecule has 33 heavy (non-hydrogen) atoms. The number of methoxy groups -OCH3 is 1. The maximum Gasteiger partial charge on any atom is 0.432 e. The van der Waals surface area contributed by atoms with E-state index in [4.69, 9.17) is 11.6 Å². The number of H-pyrrole nitrogens is 1. The Bertz CT molecular complexity index is 1270. The van der Waals surface area contributed by atoms with Gasteiger partial charge in [-0.25, -0.2) is 4.79 Å². The molecule has 0 spiro atoms. The van der Waals surface area contributed by atoms with Crippen LogP contribution >= 0.6 is 11.6 Å². The number of phenolic OH excluding ortho intramolecular Hbond substituents is 1. The van der Waals surface area contributed by atoms with Gasteiger partial charge < -0.3 is 19.7 Å². The number of esters is 1. The van der Waals surface area contributed by atoms with Gasteiger partial charge in [-0.3, -0.25) is 4.79 Å². The third-order valence-electron chi connectivity index (χ3n) is 5.52. The van der Waals surface area contributed by atoms with Gasteiger partial charge in [0.25, 0.3) is 5.91 Å². The van der Waals surface area contributed by atoms with Crippen molar-refractivity contribution in [2.24, 2.45) is 0 Å². The Balaban J connectivity index is 1.90. The van der Waals surface area contributed by atoms with Crippen molar-refractivity contribution in [2.45, 2.75) is 12.1 Å². The van der Waals surface area contributed by atoms with Gasteiger partial charge in [-0.15, -0.1) is 11.6 Å². The van der Waals surface area contributed by atoms with Gasteiger partial charge in [-0.05, 0) is 17.2 Å². The predicted molar refractivity (Wildman–Crippen MR) is 118 cm³/mol. The van der Waals surface area contributed by atoms with Crippen molar-refractivity contribution in [3.8, 4) is 5.75 Å². The molecular weight excluding hydrogens is 461 g/mol. The van der Waals surface area contributed by atoms with Gasteiger partial charge in [0.05, 0.1) is 23.9 Å². The fourth-order valence-electron chi connectivity index (χ4n) is 4.09. The van der Waals surface area contributed by atoms with Crippen molar-refractivity contribution in [1.29, 1.82) is 0 Å². The molecular formula is C23H18ClF3N2O4. The lowest BCUT2D eigenvalue weighted by molar-refractivity contribution is -0.141. The van der Waals surface area contributed by atoms with E-state index in [1.165, 1.54) is 17.0 Å². The van der Waals surface area contributed by atoms with E-state index in [-0.39, 0.29) is 34.6 Å². The second-order valence-corrected chi connectivity index (χ2v) is 7.80. The van der Waals surface area contributed by atoms with E-state index in [0.29, 0.717) is 0 Å². The summed E-state index contributed by atoms with van der Waals surface area (Å²) in [5.74, 6) is -2.80. The van der Waals surface area contributed by atoms with Crippen LogP contribution in [0.15, 0.2) is 42.5 Å². The maximum atomic E-state index is 13.7. The van der Waals surface area contributed by atoms with E-state index < -0.39 is 41.0 Å². The average molecular weight is 479 g/mol. The number of aromatic hydroxyl groups is 1. The summed E-state index contributed by atoms with van der Waals surface area (Å²) in [6, 6.07) is 10.3. The van der Waals surface area contributed by atoms with E-state index >= 15 is 0 Å². The quantitative estimate of drug-likeness (QED) is 0.312. The molecule has 172 valence electrons. The largest absolute Gasteiger partial charge is 0.506 e. The zero-order valence-electron chi connectivity index (χ0n) is 17.2. The first kappa shape index (κ1) is 22.7. The number of aromatic nitrogens is 1. The first-order valence-corrected chi connectivity index (χ1v) is 10.4. The second-order valence-electron chi connectivity index (χ2n) is 7.49. The van der Waals surface area contributed by atoms with Crippen molar-refractivity contribution in [1.82, 2.24) is 4.98 Å². The van der Waals surface area contributed by atoms with Gasteiger partial charge in [0.2, 0.25) is 0 Å². The number of rotatable bonds is 4. The SMILES string of the molecule is COC(=O)c1c(C(F)(F)F)[nH]c2c(O)cc3c(c12)C(CCl)CN3C(=O)C=Cc1ccccc1. The summed E-state index contributed by atoms with van der Waals surface area (Å²) in [6.45, 7) is 0.0719. The lowest BCUT2D eigenvalue weighted by Gasteiger charge is -2.16. The predicted octanol–water partition coefficient (Wildman–Crippen LogP) is 5.06. The molecule has 2 heterocycles. The molecule has 0 saturated heterocycles. The number of phenols is 1. The Morgan fingerprint density at radius 3 is 2.61 bits per heavy atom. The number of ether oxygens (including phenoxy) is 1. The standard InChI is InChI=1S/C23H18ClF3N2O4/c1-33-22(32)19-18-17-13(10-24)11-29(16(31)8-7-12-5-3-2-4-6-12)14(17)9-15(30)20(18)28-21(19)23(25,26)27/h2-9,13,28,30H,10-11H2,1H3. The van der Waals surface area contributed by atoms with Gasteiger partial charge in [0.1, 0.15) is 11.4 Å². The third-order valence-corrected chi connectivity index (χ3v) is 5.89. The number of nitrogens with one attached hydrogen (secondary N) is 1. The molecule has 1 aromatic heterocycles. The number of amides is 1. The van der Waals surface area contributed by atoms with Crippen LogP contribution in [0.1, 0.15) is 33.1 Å². The number of hydrogen-bond acceptors (Lipinski definition) is 4. The Labute approximate surface area is 191 Å². The summed E-state index contributed by atoms with van der Waals surface area (Å²) >= 11 is 6.11. The van der Waals surface area contributed by atoms with Crippen molar-refractivity contribution >= 4 is 46.1 Å². The fraction of sp³-hybridized carbons (Fsp3) is 0.217. The second kappa shape index (κ2) is 8.47. The highest BCUT2D eigenvalue weighted by Crippen LogP contribution is 2.49. The van der Waals surface area contributed by atoms with E-state index in [1.807, 2.05) is 18.2 Å². The molecule has 0 saturated carbocycles. The van der Waals surface area contributed by atoms with Crippen LogP contribution in [0.2, 0.25) is 0 Å². The molecule has 0 fully saturated rings. The smallest absolute Gasteiger partial charge is 0.432 e. The number of carbonyl (C=O) groups is 2. The first-order valence-electron chi connectivity index (χ1n) is 9.85. The van der Waals surface area contributed by atoms with Crippen molar-refractivity contribution in [2.75, 3.05) is 24.4 Å². The summed E-state index contributed by atoms with van der Waals surface area (Å²) in [5.41, 5.74) is -1.12. The molecule has 0 bridgehead atoms. The zero-order valence-corrected chi connectivity index (χ0v) is 18.0. The Kier molecular flexibility index (Phi) is 5.84. The van der Waals surface area contributed by atoms with E-state index in [2.05, 4.69) is 9.72 Å². The molecule has 2 N–H and O–H groups in total. The summed E-state index contributed by atoms with van der Waals surface area (Å²) < 4.78 is 45.7. The van der Waals surface area contributed by atoms with Gasteiger partial charge >= 0.3 is 12.1 Å². The minimum atomic E-state index is -4.91. The summed E-state index contributed by atoms with van der Waals surface area (Å²) in [7, 11) is 0.966. The summed E-state index contributed by atoms with van der Waals surface area (Å²) in [6.07, 6.45) is -1.98. The topological polar surface area (TPSA) is 82.6 Å². The molecule has 4 rings (SSSR count). The number of alkyl halides is 4. The van der Waals surface area contributed by atoms with Gasteiger partial charge in [-0.1, -0.05) is 30.3 Å². The van der Waals surface area contributed by atoms with Crippen molar-refractivity contribution in [3.63, 3.8) is 0 Å². The van der Waals surface area contributed by atoms with Crippen molar-refractivity contribution in [3.05, 3.63) is 64.9 Å².